The van der Waals surface area contributed by atoms with Crippen molar-refractivity contribution < 1.29 is 4.79 Å². The van der Waals surface area contributed by atoms with Crippen LogP contribution in [0.25, 0.3) is 0 Å². The first-order chi connectivity index (χ1) is 6.91. The third kappa shape index (κ3) is 2.59. The monoisotopic (exact) mass is 208 g/mol. The Kier molecular flexibility index (Phi) is 3.14. The zero-order chi connectivity index (χ0) is 11.6. The summed E-state index contributed by atoms with van der Waals surface area (Å²) in [7, 11) is 0. The molecule has 0 saturated heterocycles. The van der Waals surface area contributed by atoms with Gasteiger partial charge in [-0.05, 0) is 32.4 Å². The van der Waals surface area contributed by atoms with Gasteiger partial charge in [-0.2, -0.15) is 4.99 Å². The van der Waals surface area contributed by atoms with Gasteiger partial charge in [-0.3, -0.25) is 4.79 Å². The smallest absolute Gasteiger partial charge is 0.268 e. The van der Waals surface area contributed by atoms with Crippen LogP contribution >= 0.6 is 0 Å². The summed E-state index contributed by atoms with van der Waals surface area (Å²) in [5.41, 5.74) is 13.5. The van der Waals surface area contributed by atoms with Gasteiger partial charge in [0, 0.05) is 11.4 Å². The number of amides is 1. The molecule has 0 unspecified atom stereocenters. The number of aliphatic imine (C=N–C) groups is 1. The minimum absolute atomic E-state index is 0.184. The van der Waals surface area contributed by atoms with Crippen molar-refractivity contribution >= 4 is 11.9 Å². The molecule has 1 heterocycles. The Balaban J connectivity index is 2.90. The van der Waals surface area contributed by atoms with Gasteiger partial charge in [0.25, 0.3) is 5.91 Å². The predicted octanol–water partition coefficient (Wildman–Crippen LogP) is 0.213. The number of carbonyl (C=O) groups excluding carboxylic acids is 1. The lowest BCUT2D eigenvalue weighted by Gasteiger charge is -2.06. The highest BCUT2D eigenvalue weighted by Crippen LogP contribution is 2.13. The van der Waals surface area contributed by atoms with E-state index in [9.17, 15) is 4.79 Å². The molecule has 5 nitrogen and oxygen atoms in total. The van der Waals surface area contributed by atoms with E-state index in [0.717, 1.165) is 17.0 Å². The Morgan fingerprint density at radius 2 is 2.00 bits per heavy atom. The van der Waals surface area contributed by atoms with Crippen molar-refractivity contribution in [2.45, 2.75) is 27.3 Å². The van der Waals surface area contributed by atoms with Crippen molar-refractivity contribution in [2.75, 3.05) is 0 Å². The van der Waals surface area contributed by atoms with E-state index in [1.165, 1.54) is 0 Å². The fourth-order valence-electron chi connectivity index (χ4n) is 1.53. The first kappa shape index (κ1) is 11.3. The van der Waals surface area contributed by atoms with Crippen molar-refractivity contribution in [1.29, 1.82) is 0 Å². The summed E-state index contributed by atoms with van der Waals surface area (Å²) >= 11 is 0. The van der Waals surface area contributed by atoms with E-state index in [1.54, 1.807) is 0 Å². The summed E-state index contributed by atoms with van der Waals surface area (Å²) < 4.78 is 1.89. The van der Waals surface area contributed by atoms with Gasteiger partial charge in [-0.25, -0.2) is 0 Å². The zero-order valence-corrected chi connectivity index (χ0v) is 9.24. The first-order valence-electron chi connectivity index (χ1n) is 4.67. The SMILES string of the molecule is Cc1cc(C)n(CC(=O)N=C(N)N)c1C. The van der Waals surface area contributed by atoms with Crippen LogP contribution in [0.2, 0.25) is 0 Å². The molecule has 1 amide bonds. The topological polar surface area (TPSA) is 86.4 Å². The average molecular weight is 208 g/mol. The molecule has 0 radical (unpaired) electrons. The maximum atomic E-state index is 11.4. The van der Waals surface area contributed by atoms with E-state index in [4.69, 9.17) is 11.5 Å². The Labute approximate surface area is 88.8 Å². The van der Waals surface area contributed by atoms with Gasteiger partial charge in [0.1, 0.15) is 6.54 Å². The Bertz CT molecular complexity index is 413. The van der Waals surface area contributed by atoms with Crippen LogP contribution in [0, 0.1) is 20.8 Å². The molecule has 0 bridgehead atoms. The van der Waals surface area contributed by atoms with Crippen LogP contribution in [0.5, 0.6) is 0 Å². The molecule has 0 atom stereocenters. The Morgan fingerprint density at radius 1 is 1.40 bits per heavy atom. The van der Waals surface area contributed by atoms with Crippen molar-refractivity contribution in [1.82, 2.24) is 4.57 Å². The highest BCUT2D eigenvalue weighted by molar-refractivity contribution is 5.91. The first-order valence-corrected chi connectivity index (χ1v) is 4.67. The van der Waals surface area contributed by atoms with Gasteiger partial charge in [0.15, 0.2) is 5.96 Å². The summed E-state index contributed by atoms with van der Waals surface area (Å²) in [6, 6.07) is 2.03. The molecule has 0 aliphatic rings. The lowest BCUT2D eigenvalue weighted by molar-refractivity contribution is -0.118. The quantitative estimate of drug-likeness (QED) is 0.538. The lowest BCUT2D eigenvalue weighted by Crippen LogP contribution is -2.25. The third-order valence-electron chi connectivity index (χ3n) is 2.37. The number of aromatic nitrogens is 1. The van der Waals surface area contributed by atoms with E-state index in [-0.39, 0.29) is 18.4 Å². The number of hydrogen-bond donors (Lipinski definition) is 2. The molecular formula is C10H16N4O. The highest BCUT2D eigenvalue weighted by Gasteiger charge is 2.09. The second kappa shape index (κ2) is 4.16. The van der Waals surface area contributed by atoms with Crippen molar-refractivity contribution in [2.24, 2.45) is 16.5 Å². The number of rotatable bonds is 2. The van der Waals surface area contributed by atoms with Crippen LogP contribution in [0.3, 0.4) is 0 Å². The van der Waals surface area contributed by atoms with E-state index in [2.05, 4.69) is 4.99 Å². The molecule has 1 aromatic rings. The van der Waals surface area contributed by atoms with Crippen LogP contribution in [-0.4, -0.2) is 16.4 Å². The fourth-order valence-corrected chi connectivity index (χ4v) is 1.53. The molecule has 5 heteroatoms. The molecule has 1 aromatic heterocycles. The maximum absolute atomic E-state index is 11.4. The zero-order valence-electron chi connectivity index (χ0n) is 9.24. The van der Waals surface area contributed by atoms with E-state index < -0.39 is 0 Å². The van der Waals surface area contributed by atoms with Gasteiger partial charge in [0.2, 0.25) is 0 Å². The Morgan fingerprint density at radius 3 is 2.40 bits per heavy atom. The lowest BCUT2D eigenvalue weighted by atomic mass is 10.3. The summed E-state index contributed by atoms with van der Waals surface area (Å²) in [4.78, 5) is 14.8. The number of guanidine groups is 1. The molecule has 0 aliphatic heterocycles. The minimum Gasteiger partial charge on any atom is -0.370 e. The van der Waals surface area contributed by atoms with Crippen LogP contribution in [0.15, 0.2) is 11.1 Å². The number of aryl methyl sites for hydroxylation is 2. The van der Waals surface area contributed by atoms with Crippen molar-refractivity contribution in [3.05, 3.63) is 23.0 Å². The minimum atomic E-state index is -0.336. The molecule has 82 valence electrons. The van der Waals surface area contributed by atoms with Gasteiger partial charge < -0.3 is 16.0 Å². The molecule has 1 rings (SSSR count). The van der Waals surface area contributed by atoms with Crippen LogP contribution in [0.1, 0.15) is 17.0 Å². The van der Waals surface area contributed by atoms with Crippen LogP contribution < -0.4 is 11.5 Å². The van der Waals surface area contributed by atoms with E-state index >= 15 is 0 Å². The van der Waals surface area contributed by atoms with Gasteiger partial charge in [-0.15, -0.1) is 0 Å². The molecule has 0 spiro atoms. The number of carbonyl (C=O) groups is 1. The van der Waals surface area contributed by atoms with Crippen LogP contribution in [-0.2, 0) is 11.3 Å². The van der Waals surface area contributed by atoms with Gasteiger partial charge >= 0.3 is 0 Å². The van der Waals surface area contributed by atoms with Crippen molar-refractivity contribution in [3.63, 3.8) is 0 Å². The second-order valence-corrected chi connectivity index (χ2v) is 3.57. The average Bonchev–Trinajstić information content (AvgIpc) is 2.31. The standard InChI is InChI=1S/C10H16N4O/c1-6-4-7(2)14(8(6)3)5-9(15)13-10(11)12/h4H,5H2,1-3H3,(H4,11,12,13,15). The van der Waals surface area contributed by atoms with Crippen LogP contribution in [0.4, 0.5) is 0 Å². The number of nitrogens with zero attached hydrogens (tertiary/aromatic N) is 2. The summed E-state index contributed by atoms with van der Waals surface area (Å²) in [6.45, 7) is 6.10. The predicted molar refractivity (Wildman–Crippen MR) is 59.5 cm³/mol. The number of hydrogen-bond acceptors (Lipinski definition) is 1. The fraction of sp³-hybridized carbons (Fsp3) is 0.400. The van der Waals surface area contributed by atoms with E-state index in [1.807, 2.05) is 31.4 Å². The summed E-state index contributed by atoms with van der Waals surface area (Å²) in [5.74, 6) is -0.531. The largest absolute Gasteiger partial charge is 0.370 e. The molecule has 0 fully saturated rings. The third-order valence-corrected chi connectivity index (χ3v) is 2.37. The highest BCUT2D eigenvalue weighted by atomic mass is 16.1. The van der Waals surface area contributed by atoms with Gasteiger partial charge in [0.05, 0.1) is 0 Å². The van der Waals surface area contributed by atoms with E-state index in [0.29, 0.717) is 0 Å². The molecule has 0 aromatic carbocycles. The molecule has 4 N–H and O–H groups in total. The molecule has 15 heavy (non-hydrogen) atoms. The Hall–Kier alpha value is -1.78. The number of nitrogens with two attached hydrogens (primary N) is 2. The second-order valence-electron chi connectivity index (χ2n) is 3.57. The summed E-state index contributed by atoms with van der Waals surface area (Å²) in [5, 5.41) is 0. The molecular weight excluding hydrogens is 192 g/mol. The van der Waals surface area contributed by atoms with Crippen molar-refractivity contribution in [3.8, 4) is 0 Å². The van der Waals surface area contributed by atoms with Gasteiger partial charge in [-0.1, -0.05) is 0 Å². The normalized spacial score (nSPS) is 10.1. The maximum Gasteiger partial charge on any atom is 0.268 e. The molecule has 0 aliphatic carbocycles. The summed E-state index contributed by atoms with van der Waals surface area (Å²) in [6.07, 6.45) is 0. The molecule has 0 saturated carbocycles.